The Bertz CT molecular complexity index is 193. The van der Waals surface area contributed by atoms with Crippen molar-refractivity contribution in [2.24, 2.45) is 0 Å². The van der Waals surface area contributed by atoms with Crippen molar-refractivity contribution in [3.63, 3.8) is 0 Å². The van der Waals surface area contributed by atoms with E-state index in [-0.39, 0.29) is 0 Å². The number of hydrogen-bond acceptors (Lipinski definition) is 3. The molecule has 1 heterocycles. The van der Waals surface area contributed by atoms with Crippen LogP contribution >= 0.6 is 0 Å². The van der Waals surface area contributed by atoms with Crippen molar-refractivity contribution in [3.8, 4) is 0 Å². The number of rotatable bonds is 6. The number of hydrogen-bond donors (Lipinski definition) is 2. The molecule has 15 heavy (non-hydrogen) atoms. The summed E-state index contributed by atoms with van der Waals surface area (Å²) in [6.45, 7) is 5.26. The van der Waals surface area contributed by atoms with Crippen LogP contribution in [0.5, 0.6) is 0 Å². The lowest BCUT2D eigenvalue weighted by molar-refractivity contribution is 0.383. The molecule has 1 aliphatic heterocycles. The van der Waals surface area contributed by atoms with E-state index in [1.807, 2.05) is 0 Å². The van der Waals surface area contributed by atoms with Gasteiger partial charge in [0.15, 0.2) is 0 Å². The highest BCUT2D eigenvalue weighted by Crippen LogP contribution is 2.05. The Morgan fingerprint density at radius 1 is 1.53 bits per heavy atom. The molecule has 1 fully saturated rings. The predicted octanol–water partition coefficient (Wildman–Crippen LogP) is 0.875. The Labute approximate surface area is 95.9 Å². The van der Waals surface area contributed by atoms with Crippen LogP contribution in [0.25, 0.3) is 0 Å². The van der Waals surface area contributed by atoms with Crippen LogP contribution in [0.1, 0.15) is 32.6 Å². The largest absolute Gasteiger partial charge is 0.315 e. The normalized spacial score (nSPS) is 26.1. The molecule has 2 N–H and O–H groups in total. The maximum atomic E-state index is 11.1. The lowest BCUT2D eigenvalue weighted by Gasteiger charge is -2.23. The second-order valence-corrected chi connectivity index (χ2v) is 6.25. The van der Waals surface area contributed by atoms with Crippen LogP contribution in [0.3, 0.4) is 0 Å². The van der Waals surface area contributed by atoms with E-state index < -0.39 is 10.8 Å². The zero-order valence-corrected chi connectivity index (χ0v) is 10.7. The van der Waals surface area contributed by atoms with Gasteiger partial charge < -0.3 is 10.6 Å². The minimum atomic E-state index is -0.674. The first-order valence-electron chi connectivity index (χ1n) is 5.96. The van der Waals surface area contributed by atoms with E-state index in [0.29, 0.717) is 11.3 Å². The van der Waals surface area contributed by atoms with Gasteiger partial charge in [-0.15, -0.1) is 0 Å². The van der Waals surface area contributed by atoms with Gasteiger partial charge in [0.05, 0.1) is 0 Å². The number of piperidine rings is 1. The summed E-state index contributed by atoms with van der Waals surface area (Å²) in [7, 11) is -0.674. The van der Waals surface area contributed by atoms with Gasteiger partial charge in [-0.3, -0.25) is 4.21 Å². The summed E-state index contributed by atoms with van der Waals surface area (Å²) >= 11 is 0. The Kier molecular flexibility index (Phi) is 6.45. The Hall–Kier alpha value is 0.0700. The third-order valence-corrected chi connectivity index (χ3v) is 4.47. The molecule has 0 radical (unpaired) electrons. The molecule has 3 atom stereocenters. The van der Waals surface area contributed by atoms with Crippen molar-refractivity contribution in [2.45, 2.75) is 43.9 Å². The van der Waals surface area contributed by atoms with Crippen molar-refractivity contribution in [1.29, 1.82) is 0 Å². The number of nitrogens with one attached hydrogen (secondary N) is 2. The van der Waals surface area contributed by atoms with Crippen LogP contribution < -0.4 is 10.6 Å². The van der Waals surface area contributed by atoms with Crippen LogP contribution in [0.4, 0.5) is 0 Å². The summed E-state index contributed by atoms with van der Waals surface area (Å²) in [5.41, 5.74) is 0. The average Bonchev–Trinajstić information content (AvgIpc) is 2.25. The molecule has 4 heteroatoms. The topological polar surface area (TPSA) is 41.1 Å². The lowest BCUT2D eigenvalue weighted by Crippen LogP contribution is -2.42. The molecule has 3 unspecified atom stereocenters. The van der Waals surface area contributed by atoms with Gasteiger partial charge in [-0.1, -0.05) is 13.3 Å². The molecular formula is C11H24N2OS. The minimum absolute atomic E-state index is 0.316. The van der Waals surface area contributed by atoms with Crippen molar-refractivity contribution in [1.82, 2.24) is 10.6 Å². The highest BCUT2D eigenvalue weighted by atomic mass is 32.2. The van der Waals surface area contributed by atoms with E-state index in [1.54, 1.807) is 6.26 Å². The zero-order valence-electron chi connectivity index (χ0n) is 9.92. The van der Waals surface area contributed by atoms with E-state index in [4.69, 9.17) is 0 Å². The summed E-state index contributed by atoms with van der Waals surface area (Å²) in [6, 6.07) is 0.654. The fourth-order valence-corrected chi connectivity index (χ4v) is 2.30. The van der Waals surface area contributed by atoms with Crippen LogP contribution in [0, 0.1) is 0 Å². The van der Waals surface area contributed by atoms with E-state index in [1.165, 1.54) is 25.8 Å². The predicted molar refractivity (Wildman–Crippen MR) is 66.7 cm³/mol. The average molecular weight is 232 g/mol. The molecule has 0 saturated carbocycles. The van der Waals surface area contributed by atoms with E-state index in [0.717, 1.165) is 19.5 Å². The van der Waals surface area contributed by atoms with Crippen LogP contribution in [-0.4, -0.2) is 41.4 Å². The third kappa shape index (κ3) is 5.64. The summed E-state index contributed by atoms with van der Waals surface area (Å²) in [6.07, 6.45) is 6.77. The van der Waals surface area contributed by atoms with Crippen molar-refractivity contribution in [2.75, 3.05) is 25.9 Å². The van der Waals surface area contributed by atoms with Gasteiger partial charge in [-0.05, 0) is 32.4 Å². The first kappa shape index (κ1) is 13.1. The maximum Gasteiger partial charge on any atom is 0.0329 e. The lowest BCUT2D eigenvalue weighted by atomic mass is 10.1. The highest BCUT2D eigenvalue weighted by molar-refractivity contribution is 7.84. The standard InChI is InChI=1S/C11H24N2OS/c1-10(15(2)14)6-8-12-9-11-5-3-4-7-13-11/h10-13H,3-9H2,1-2H3. The molecule has 1 saturated heterocycles. The first-order valence-corrected chi connectivity index (χ1v) is 7.58. The van der Waals surface area contributed by atoms with Gasteiger partial charge in [0.2, 0.25) is 0 Å². The molecule has 0 bridgehead atoms. The molecular weight excluding hydrogens is 208 g/mol. The fourth-order valence-electron chi connectivity index (χ4n) is 1.85. The Balaban J connectivity index is 1.98. The molecule has 0 aromatic heterocycles. The monoisotopic (exact) mass is 232 g/mol. The summed E-state index contributed by atoms with van der Waals surface area (Å²) in [4.78, 5) is 0. The summed E-state index contributed by atoms with van der Waals surface area (Å²) < 4.78 is 11.1. The van der Waals surface area contributed by atoms with Gasteiger partial charge in [0.1, 0.15) is 0 Å². The molecule has 3 nitrogen and oxygen atoms in total. The van der Waals surface area contributed by atoms with Crippen LogP contribution in [0.2, 0.25) is 0 Å². The smallest absolute Gasteiger partial charge is 0.0329 e. The van der Waals surface area contributed by atoms with Gasteiger partial charge in [0.25, 0.3) is 0 Å². The van der Waals surface area contributed by atoms with Gasteiger partial charge >= 0.3 is 0 Å². The molecule has 0 spiro atoms. The minimum Gasteiger partial charge on any atom is -0.315 e. The van der Waals surface area contributed by atoms with Crippen LogP contribution in [0.15, 0.2) is 0 Å². The highest BCUT2D eigenvalue weighted by Gasteiger charge is 2.11. The van der Waals surface area contributed by atoms with Gasteiger partial charge in [0, 0.05) is 34.9 Å². The van der Waals surface area contributed by atoms with Gasteiger partial charge in [-0.2, -0.15) is 0 Å². The molecule has 1 rings (SSSR count). The Morgan fingerprint density at radius 3 is 2.93 bits per heavy atom. The van der Waals surface area contributed by atoms with E-state index in [2.05, 4.69) is 17.6 Å². The van der Waals surface area contributed by atoms with Gasteiger partial charge in [-0.25, -0.2) is 0 Å². The molecule has 1 aliphatic rings. The molecule has 0 aliphatic carbocycles. The summed E-state index contributed by atoms with van der Waals surface area (Å²) in [5, 5.41) is 7.27. The fraction of sp³-hybridized carbons (Fsp3) is 1.00. The molecule has 0 aromatic rings. The molecule has 0 amide bonds. The Morgan fingerprint density at radius 2 is 2.33 bits per heavy atom. The first-order chi connectivity index (χ1) is 7.20. The van der Waals surface area contributed by atoms with Crippen LogP contribution in [-0.2, 0) is 10.8 Å². The second kappa shape index (κ2) is 7.36. The SMILES string of the molecule is CC(CCNCC1CCCCN1)S(C)=O. The molecule has 90 valence electrons. The van der Waals surface area contributed by atoms with E-state index in [9.17, 15) is 4.21 Å². The van der Waals surface area contributed by atoms with Crippen molar-refractivity contribution < 1.29 is 4.21 Å². The third-order valence-electron chi connectivity index (χ3n) is 3.10. The second-order valence-electron chi connectivity index (χ2n) is 4.45. The quantitative estimate of drug-likeness (QED) is 0.668. The zero-order chi connectivity index (χ0) is 11.1. The van der Waals surface area contributed by atoms with E-state index >= 15 is 0 Å². The van der Waals surface area contributed by atoms with Crippen molar-refractivity contribution >= 4 is 10.8 Å². The summed E-state index contributed by atoms with van der Waals surface area (Å²) in [5.74, 6) is 0. The maximum absolute atomic E-state index is 11.1. The van der Waals surface area contributed by atoms with Crippen molar-refractivity contribution in [3.05, 3.63) is 0 Å². The molecule has 0 aromatic carbocycles.